The van der Waals surface area contributed by atoms with Crippen molar-refractivity contribution in [1.29, 1.82) is 0 Å². The SMILES string of the molecule is CC(C)(C)CCCn1cccc(/C(N)=N/O)c1=O. The standard InChI is InChI=1S/C13H21N3O2/c1-13(2,3)7-5-9-16-8-4-6-10(12(16)17)11(14)15-18/h4,6,8,18H,5,7,9H2,1-3H3,(H2,14,15). The summed E-state index contributed by atoms with van der Waals surface area (Å²) in [5.74, 6) is -0.148. The van der Waals surface area contributed by atoms with Gasteiger partial charge in [0.2, 0.25) is 0 Å². The van der Waals surface area contributed by atoms with E-state index in [1.54, 1.807) is 22.9 Å². The van der Waals surface area contributed by atoms with E-state index in [1.807, 2.05) is 0 Å². The maximum absolute atomic E-state index is 12.0. The largest absolute Gasteiger partial charge is 0.409 e. The lowest BCUT2D eigenvalue weighted by Crippen LogP contribution is -2.29. The third-order valence-corrected chi connectivity index (χ3v) is 2.73. The number of amidine groups is 1. The van der Waals surface area contributed by atoms with Gasteiger partial charge in [0.15, 0.2) is 5.84 Å². The van der Waals surface area contributed by atoms with Gasteiger partial charge in [-0.2, -0.15) is 0 Å². The zero-order valence-electron chi connectivity index (χ0n) is 11.2. The number of nitrogens with two attached hydrogens (primary N) is 1. The van der Waals surface area contributed by atoms with Crippen LogP contribution < -0.4 is 11.3 Å². The summed E-state index contributed by atoms with van der Waals surface area (Å²) >= 11 is 0. The fraction of sp³-hybridized carbons (Fsp3) is 0.538. The molecule has 1 aromatic rings. The van der Waals surface area contributed by atoms with Gasteiger partial charge in [-0.05, 0) is 30.4 Å². The zero-order valence-corrected chi connectivity index (χ0v) is 11.2. The summed E-state index contributed by atoms with van der Waals surface area (Å²) in [6.45, 7) is 7.15. The number of rotatable bonds is 4. The Morgan fingerprint density at radius 1 is 1.50 bits per heavy atom. The molecule has 0 atom stereocenters. The summed E-state index contributed by atoms with van der Waals surface area (Å²) in [5, 5.41) is 11.5. The second kappa shape index (κ2) is 5.71. The first-order valence-corrected chi connectivity index (χ1v) is 6.02. The van der Waals surface area contributed by atoms with Gasteiger partial charge >= 0.3 is 0 Å². The van der Waals surface area contributed by atoms with E-state index in [-0.39, 0.29) is 22.4 Å². The summed E-state index contributed by atoms with van der Waals surface area (Å²) in [7, 11) is 0. The lowest BCUT2D eigenvalue weighted by Gasteiger charge is -2.18. The Labute approximate surface area is 107 Å². The smallest absolute Gasteiger partial charge is 0.261 e. The summed E-state index contributed by atoms with van der Waals surface area (Å²) in [4.78, 5) is 12.0. The fourth-order valence-electron chi connectivity index (χ4n) is 1.74. The quantitative estimate of drug-likeness (QED) is 0.370. The van der Waals surface area contributed by atoms with Crippen LogP contribution in [0.4, 0.5) is 0 Å². The monoisotopic (exact) mass is 251 g/mol. The second-order valence-electron chi connectivity index (χ2n) is 5.57. The van der Waals surface area contributed by atoms with Crippen LogP contribution in [0.3, 0.4) is 0 Å². The minimum Gasteiger partial charge on any atom is -0.409 e. The third kappa shape index (κ3) is 3.91. The molecule has 5 nitrogen and oxygen atoms in total. The number of pyridine rings is 1. The van der Waals surface area contributed by atoms with E-state index < -0.39 is 0 Å². The average Bonchev–Trinajstić information content (AvgIpc) is 2.29. The highest BCUT2D eigenvalue weighted by molar-refractivity contribution is 5.96. The van der Waals surface area contributed by atoms with Gasteiger partial charge in [-0.25, -0.2) is 0 Å². The van der Waals surface area contributed by atoms with Gasteiger partial charge in [-0.15, -0.1) is 0 Å². The number of hydrogen-bond donors (Lipinski definition) is 2. The van der Waals surface area contributed by atoms with E-state index in [0.29, 0.717) is 6.54 Å². The highest BCUT2D eigenvalue weighted by Crippen LogP contribution is 2.20. The van der Waals surface area contributed by atoms with Gasteiger partial charge in [-0.3, -0.25) is 4.79 Å². The Morgan fingerprint density at radius 2 is 2.17 bits per heavy atom. The molecule has 1 rings (SSSR count). The van der Waals surface area contributed by atoms with Crippen LogP contribution >= 0.6 is 0 Å². The number of hydrogen-bond acceptors (Lipinski definition) is 3. The Balaban J connectivity index is 2.83. The number of aryl methyl sites for hydroxylation is 1. The van der Waals surface area contributed by atoms with E-state index >= 15 is 0 Å². The van der Waals surface area contributed by atoms with Gasteiger partial charge in [-0.1, -0.05) is 25.9 Å². The number of oxime groups is 1. The van der Waals surface area contributed by atoms with Crippen molar-refractivity contribution in [2.24, 2.45) is 16.3 Å². The summed E-state index contributed by atoms with van der Waals surface area (Å²) < 4.78 is 1.60. The molecule has 1 aromatic heterocycles. The van der Waals surface area contributed by atoms with Crippen molar-refractivity contribution < 1.29 is 5.21 Å². The molecule has 18 heavy (non-hydrogen) atoms. The molecule has 0 aromatic carbocycles. The van der Waals surface area contributed by atoms with Crippen LogP contribution in [0.1, 0.15) is 39.2 Å². The van der Waals surface area contributed by atoms with Gasteiger partial charge in [0.1, 0.15) is 0 Å². The first-order chi connectivity index (χ1) is 8.35. The topological polar surface area (TPSA) is 80.6 Å². The fourth-order valence-corrected chi connectivity index (χ4v) is 1.74. The maximum Gasteiger partial charge on any atom is 0.261 e. The van der Waals surface area contributed by atoms with Crippen LogP contribution in [-0.2, 0) is 6.54 Å². The minimum atomic E-state index is -0.221. The van der Waals surface area contributed by atoms with Crippen molar-refractivity contribution in [2.45, 2.75) is 40.2 Å². The lowest BCUT2D eigenvalue weighted by atomic mass is 9.91. The predicted octanol–water partition coefficient (Wildman–Crippen LogP) is 1.77. The molecule has 1 heterocycles. The first kappa shape index (κ1) is 14.3. The van der Waals surface area contributed by atoms with E-state index in [4.69, 9.17) is 10.9 Å². The molecule has 0 saturated carbocycles. The molecule has 5 heteroatoms. The molecule has 0 aliphatic carbocycles. The van der Waals surface area contributed by atoms with Crippen molar-refractivity contribution >= 4 is 5.84 Å². The van der Waals surface area contributed by atoms with Gasteiger partial charge in [0.25, 0.3) is 5.56 Å². The van der Waals surface area contributed by atoms with E-state index in [0.717, 1.165) is 12.8 Å². The molecule has 0 spiro atoms. The Hall–Kier alpha value is -1.78. The molecule has 3 N–H and O–H groups in total. The Morgan fingerprint density at radius 3 is 2.72 bits per heavy atom. The van der Waals surface area contributed by atoms with Crippen molar-refractivity contribution in [3.63, 3.8) is 0 Å². The van der Waals surface area contributed by atoms with Crippen LogP contribution in [-0.4, -0.2) is 15.6 Å². The highest BCUT2D eigenvalue weighted by Gasteiger charge is 2.11. The van der Waals surface area contributed by atoms with Gasteiger partial charge in [0.05, 0.1) is 5.56 Å². The molecule has 0 bridgehead atoms. The van der Waals surface area contributed by atoms with Crippen LogP contribution in [0.15, 0.2) is 28.3 Å². The van der Waals surface area contributed by atoms with E-state index in [1.165, 1.54) is 0 Å². The average molecular weight is 251 g/mol. The van der Waals surface area contributed by atoms with Crippen LogP contribution in [0.25, 0.3) is 0 Å². The summed E-state index contributed by atoms with van der Waals surface area (Å²) in [6.07, 6.45) is 3.68. The van der Waals surface area contributed by atoms with E-state index in [9.17, 15) is 4.79 Å². The van der Waals surface area contributed by atoms with Gasteiger partial charge in [0, 0.05) is 12.7 Å². The third-order valence-electron chi connectivity index (χ3n) is 2.73. The molecule has 0 aliphatic rings. The Kier molecular flexibility index (Phi) is 4.53. The molecule has 0 saturated heterocycles. The lowest BCUT2D eigenvalue weighted by molar-refractivity contribution is 0.318. The van der Waals surface area contributed by atoms with Crippen molar-refractivity contribution in [3.05, 3.63) is 34.2 Å². The van der Waals surface area contributed by atoms with Crippen molar-refractivity contribution in [1.82, 2.24) is 4.57 Å². The van der Waals surface area contributed by atoms with Crippen molar-refractivity contribution in [2.75, 3.05) is 0 Å². The van der Waals surface area contributed by atoms with Crippen LogP contribution in [0.5, 0.6) is 0 Å². The summed E-state index contributed by atoms with van der Waals surface area (Å²) in [5.41, 5.74) is 5.72. The summed E-state index contributed by atoms with van der Waals surface area (Å²) in [6, 6.07) is 3.28. The minimum absolute atomic E-state index is 0.148. The molecule has 0 unspecified atom stereocenters. The molecular weight excluding hydrogens is 230 g/mol. The van der Waals surface area contributed by atoms with Gasteiger partial charge < -0.3 is 15.5 Å². The second-order valence-corrected chi connectivity index (χ2v) is 5.57. The normalized spacial score (nSPS) is 12.7. The molecule has 100 valence electrons. The number of nitrogens with zero attached hydrogens (tertiary/aromatic N) is 2. The maximum atomic E-state index is 12.0. The predicted molar refractivity (Wildman–Crippen MR) is 71.9 cm³/mol. The van der Waals surface area contributed by atoms with E-state index in [2.05, 4.69) is 25.9 Å². The molecule has 0 radical (unpaired) electrons. The Bertz CT molecular complexity index is 484. The van der Waals surface area contributed by atoms with Crippen LogP contribution in [0, 0.1) is 5.41 Å². The molecule has 0 fully saturated rings. The molecule has 0 amide bonds. The molecule has 0 aliphatic heterocycles. The van der Waals surface area contributed by atoms with Crippen molar-refractivity contribution in [3.8, 4) is 0 Å². The zero-order chi connectivity index (χ0) is 13.8. The van der Waals surface area contributed by atoms with Crippen LogP contribution in [0.2, 0.25) is 0 Å². The number of aromatic nitrogens is 1. The first-order valence-electron chi connectivity index (χ1n) is 6.02. The molecular formula is C13H21N3O2. The highest BCUT2D eigenvalue weighted by atomic mass is 16.4.